The fraction of sp³-hybridized carbons (Fsp3) is 0.245. The molecule has 0 radical (unpaired) electrons. The van der Waals surface area contributed by atoms with Gasteiger partial charge in [0, 0.05) is 47.2 Å². The topological polar surface area (TPSA) is 68.3 Å². The van der Waals surface area contributed by atoms with Crippen molar-refractivity contribution in [2.45, 2.75) is 83.5 Å². The van der Waals surface area contributed by atoms with E-state index in [1.54, 1.807) is 83.4 Å². The lowest BCUT2D eigenvalue weighted by Gasteiger charge is -2.33. The smallest absolute Gasteiger partial charge is 0.197 e. The maximum Gasteiger partial charge on any atom is 0.197 e. The van der Waals surface area contributed by atoms with Gasteiger partial charge in [-0.15, -0.1) is 22.7 Å². The number of carbonyl (C=O) groups is 4. The van der Waals surface area contributed by atoms with Gasteiger partial charge in [-0.3, -0.25) is 19.2 Å². The van der Waals surface area contributed by atoms with Crippen LogP contribution in [0.15, 0.2) is 120 Å². The normalized spacial score (nSPS) is 14.8. The highest BCUT2D eigenvalue weighted by Crippen LogP contribution is 2.56. The largest absolute Gasteiger partial charge is 0.288 e. The molecule has 0 saturated heterocycles. The molecular weight excluding hydrogens is 765 g/mol. The SMILES string of the molecule is CCCCCCC1(CCCCCC)c2cc(-c3ccc(C=C4C(=O)c5ccccc5C4=O)s3)ccc2-c2ccc(-c3ccc(C=C4C(=O)c5ccccc5C4=O)s3)cc21. The van der Waals surface area contributed by atoms with Crippen LogP contribution in [0.5, 0.6) is 0 Å². The Labute approximate surface area is 354 Å². The lowest BCUT2D eigenvalue weighted by molar-refractivity contribution is 0.0975. The third-order valence-electron chi connectivity index (χ3n) is 12.5. The number of benzene rings is 4. The molecule has 2 heterocycles. The number of allylic oxidation sites excluding steroid dienone is 2. The lowest BCUT2D eigenvalue weighted by atomic mass is 9.70. The fourth-order valence-corrected chi connectivity index (χ4v) is 11.3. The Morgan fingerprint density at radius 3 is 1.20 bits per heavy atom. The molecule has 294 valence electrons. The highest BCUT2D eigenvalue weighted by Gasteiger charge is 2.43. The minimum Gasteiger partial charge on any atom is -0.288 e. The third kappa shape index (κ3) is 6.96. The Morgan fingerprint density at radius 1 is 0.441 bits per heavy atom. The Kier molecular flexibility index (Phi) is 10.7. The number of ketones is 4. The predicted octanol–water partition coefficient (Wildman–Crippen LogP) is 14.3. The first-order valence-electron chi connectivity index (χ1n) is 21.1. The molecule has 0 spiro atoms. The van der Waals surface area contributed by atoms with Crippen LogP contribution >= 0.6 is 22.7 Å². The molecule has 0 fully saturated rings. The molecule has 0 N–H and O–H groups in total. The molecule has 9 rings (SSSR count). The average molecular weight is 811 g/mol. The summed E-state index contributed by atoms with van der Waals surface area (Å²) in [7, 11) is 0. The van der Waals surface area contributed by atoms with Gasteiger partial charge in [0.1, 0.15) is 0 Å². The van der Waals surface area contributed by atoms with Crippen molar-refractivity contribution >= 4 is 58.0 Å². The van der Waals surface area contributed by atoms with Gasteiger partial charge in [0.05, 0.1) is 11.1 Å². The zero-order valence-electron chi connectivity index (χ0n) is 33.6. The molecule has 2 aromatic heterocycles. The first kappa shape index (κ1) is 38.9. The van der Waals surface area contributed by atoms with Gasteiger partial charge in [-0.2, -0.15) is 0 Å². The highest BCUT2D eigenvalue weighted by molar-refractivity contribution is 7.16. The highest BCUT2D eigenvalue weighted by atomic mass is 32.1. The molecule has 3 aliphatic carbocycles. The van der Waals surface area contributed by atoms with E-state index in [4.69, 9.17) is 0 Å². The monoisotopic (exact) mass is 810 g/mol. The standard InChI is InChI=1S/C53H46O4S2/c1-3-5-7-13-27-53(28-14-8-6-4-2)45-29-33(47-25-21-35(58-47)31-43-49(54)39-15-9-10-16-40(39)50(43)55)19-23-37(45)38-24-20-34(30-46(38)53)48-26-22-36(59-48)32-44-51(56)41-17-11-12-18-42(41)52(44)57/h9-12,15-26,29-32H,3-8,13-14,27-28H2,1-2H3. The van der Waals surface area contributed by atoms with Gasteiger partial charge < -0.3 is 0 Å². The van der Waals surface area contributed by atoms with E-state index in [9.17, 15) is 19.2 Å². The number of hydrogen-bond donors (Lipinski definition) is 0. The molecule has 6 aromatic rings. The van der Waals surface area contributed by atoms with Crippen LogP contribution in [0.25, 0.3) is 44.2 Å². The van der Waals surface area contributed by atoms with Crippen LogP contribution < -0.4 is 0 Å². The summed E-state index contributed by atoms with van der Waals surface area (Å²) in [6, 6.07) is 36.4. The van der Waals surface area contributed by atoms with E-state index >= 15 is 0 Å². The molecule has 0 unspecified atom stereocenters. The van der Waals surface area contributed by atoms with E-state index in [1.807, 2.05) is 12.1 Å². The van der Waals surface area contributed by atoms with E-state index in [-0.39, 0.29) is 39.7 Å². The minimum atomic E-state index is -0.202. The zero-order valence-corrected chi connectivity index (χ0v) is 35.2. The van der Waals surface area contributed by atoms with Gasteiger partial charge >= 0.3 is 0 Å². The predicted molar refractivity (Wildman–Crippen MR) is 243 cm³/mol. The summed E-state index contributed by atoms with van der Waals surface area (Å²) in [5.74, 6) is -0.808. The van der Waals surface area contributed by atoms with Crippen molar-refractivity contribution in [3.05, 3.63) is 163 Å². The second-order valence-electron chi connectivity index (χ2n) is 16.2. The summed E-state index contributed by atoms with van der Waals surface area (Å²) >= 11 is 3.24. The quantitative estimate of drug-likeness (QED) is 0.0624. The molecule has 59 heavy (non-hydrogen) atoms. The molecule has 0 bridgehead atoms. The second kappa shape index (κ2) is 16.2. The number of unbranched alkanes of at least 4 members (excludes halogenated alkanes) is 6. The van der Waals surface area contributed by atoms with E-state index in [2.05, 4.69) is 62.4 Å². The lowest BCUT2D eigenvalue weighted by Crippen LogP contribution is -2.25. The van der Waals surface area contributed by atoms with E-state index in [0.717, 1.165) is 56.3 Å². The number of rotatable bonds is 14. The van der Waals surface area contributed by atoms with Gasteiger partial charge in [0.15, 0.2) is 23.1 Å². The van der Waals surface area contributed by atoms with Gasteiger partial charge in [0.25, 0.3) is 0 Å². The molecule has 4 nitrogen and oxygen atoms in total. The summed E-state index contributed by atoms with van der Waals surface area (Å²) in [5, 5.41) is 0. The van der Waals surface area contributed by atoms with Crippen molar-refractivity contribution in [2.75, 3.05) is 0 Å². The van der Waals surface area contributed by atoms with Crippen LogP contribution in [0.2, 0.25) is 0 Å². The summed E-state index contributed by atoms with van der Waals surface area (Å²) in [6.45, 7) is 4.54. The third-order valence-corrected chi connectivity index (χ3v) is 14.6. The molecule has 6 heteroatoms. The van der Waals surface area contributed by atoms with Crippen LogP contribution in [0.3, 0.4) is 0 Å². The molecule has 0 saturated carbocycles. The molecule has 0 atom stereocenters. The van der Waals surface area contributed by atoms with Crippen molar-refractivity contribution in [1.82, 2.24) is 0 Å². The maximum absolute atomic E-state index is 13.2. The molecule has 4 aromatic carbocycles. The minimum absolute atomic E-state index is 0.148. The molecule has 0 aliphatic heterocycles. The van der Waals surface area contributed by atoms with Crippen LogP contribution in [0.4, 0.5) is 0 Å². The summed E-state index contributed by atoms with van der Waals surface area (Å²) in [4.78, 5) is 56.8. The van der Waals surface area contributed by atoms with E-state index in [0.29, 0.717) is 22.3 Å². The number of hydrogen-bond acceptors (Lipinski definition) is 6. The first-order chi connectivity index (χ1) is 28.8. The van der Waals surface area contributed by atoms with Crippen molar-refractivity contribution in [3.63, 3.8) is 0 Å². The van der Waals surface area contributed by atoms with Crippen molar-refractivity contribution in [1.29, 1.82) is 0 Å². The Bertz CT molecular complexity index is 2470. The number of thiophene rings is 2. The van der Waals surface area contributed by atoms with Crippen molar-refractivity contribution in [3.8, 4) is 32.0 Å². The Hall–Kier alpha value is -5.56. The van der Waals surface area contributed by atoms with E-state index in [1.165, 1.54) is 60.8 Å². The van der Waals surface area contributed by atoms with Gasteiger partial charge in [-0.1, -0.05) is 138 Å². The van der Waals surface area contributed by atoms with Crippen LogP contribution in [-0.4, -0.2) is 23.1 Å². The van der Waals surface area contributed by atoms with Gasteiger partial charge in [0.2, 0.25) is 0 Å². The maximum atomic E-state index is 13.2. The summed E-state index contributed by atoms with van der Waals surface area (Å²) < 4.78 is 0. The molecular formula is C53H46O4S2. The van der Waals surface area contributed by atoms with Crippen molar-refractivity contribution < 1.29 is 19.2 Å². The first-order valence-corrected chi connectivity index (χ1v) is 22.7. The Balaban J connectivity index is 1.08. The van der Waals surface area contributed by atoms with E-state index < -0.39 is 0 Å². The number of carbonyl (C=O) groups excluding carboxylic acids is 4. The second-order valence-corrected chi connectivity index (χ2v) is 18.4. The van der Waals surface area contributed by atoms with Crippen LogP contribution in [0, 0.1) is 0 Å². The number of Topliss-reactive ketones (excluding diaryl/α,β-unsaturated/α-hetero) is 4. The number of fused-ring (bicyclic) bond motifs is 5. The van der Waals surface area contributed by atoms with Crippen molar-refractivity contribution in [2.24, 2.45) is 0 Å². The Morgan fingerprint density at radius 2 is 0.831 bits per heavy atom. The zero-order chi connectivity index (χ0) is 40.7. The molecule has 3 aliphatic rings. The van der Waals surface area contributed by atoms with Gasteiger partial charge in [-0.05, 0) is 94.8 Å². The van der Waals surface area contributed by atoms with Crippen LogP contribution in [-0.2, 0) is 5.41 Å². The fourth-order valence-electron chi connectivity index (χ4n) is 9.44. The van der Waals surface area contributed by atoms with Gasteiger partial charge in [-0.25, -0.2) is 0 Å². The molecule has 0 amide bonds. The summed E-state index contributed by atoms with van der Waals surface area (Å²) in [6.07, 6.45) is 15.2. The average Bonchev–Trinajstić information content (AvgIpc) is 4.08. The summed E-state index contributed by atoms with van der Waals surface area (Å²) in [5.41, 5.74) is 9.95. The van der Waals surface area contributed by atoms with Crippen LogP contribution in [0.1, 0.15) is 140 Å².